The van der Waals surface area contributed by atoms with Crippen LogP contribution in [0.3, 0.4) is 0 Å². The first-order valence-corrected chi connectivity index (χ1v) is 16.9. The Labute approximate surface area is 276 Å². The molecule has 3 amide bonds. The van der Waals surface area contributed by atoms with E-state index >= 15 is 0 Å². The highest BCUT2D eigenvalue weighted by Gasteiger charge is 2.44. The minimum Gasteiger partial charge on any atom is -0.352 e. The molecule has 1 saturated carbocycles. The maximum atomic E-state index is 14.8. The summed E-state index contributed by atoms with van der Waals surface area (Å²) in [5.74, 6) is -0.830. The molecule has 0 aromatic heterocycles. The first-order chi connectivity index (χ1) is 22.9. The molecule has 0 radical (unpaired) electrons. The molecule has 1 fully saturated rings. The van der Waals surface area contributed by atoms with Crippen molar-refractivity contribution in [3.8, 4) is 11.1 Å². The monoisotopic (exact) mass is 623 g/mol. The highest BCUT2D eigenvalue weighted by molar-refractivity contribution is 6.09. The van der Waals surface area contributed by atoms with Crippen molar-refractivity contribution in [1.82, 2.24) is 16.0 Å². The maximum Gasteiger partial charge on any atom is 0.247 e. The van der Waals surface area contributed by atoms with Crippen LogP contribution in [-0.4, -0.2) is 35.3 Å². The van der Waals surface area contributed by atoms with E-state index in [1.807, 2.05) is 54.6 Å². The molecule has 238 valence electrons. The van der Waals surface area contributed by atoms with E-state index in [1.54, 1.807) is 0 Å². The van der Waals surface area contributed by atoms with Gasteiger partial charge in [-0.15, -0.1) is 0 Å². The zero-order valence-corrected chi connectivity index (χ0v) is 26.9. The number of rotatable bonds is 7. The molecule has 0 spiro atoms. The van der Waals surface area contributed by atoms with Crippen molar-refractivity contribution in [3.63, 3.8) is 0 Å². The SMILES string of the molecule is CC(=O)NC1(C(=O)N[C@@H](Cc2ccccc2)C(=O)NC2CCCCC2)Cc2ccc3ccccc3c2-c2c(ccc3ccccc23)C1. The molecule has 6 heteroatoms. The molecular weight excluding hydrogens is 582 g/mol. The summed E-state index contributed by atoms with van der Waals surface area (Å²) in [4.78, 5) is 41.7. The Kier molecular flexibility index (Phi) is 8.50. The van der Waals surface area contributed by atoms with Crippen LogP contribution in [0, 0.1) is 0 Å². The van der Waals surface area contributed by atoms with E-state index in [0.717, 1.165) is 75.0 Å². The third kappa shape index (κ3) is 6.25. The first-order valence-electron chi connectivity index (χ1n) is 16.9. The lowest BCUT2D eigenvalue weighted by Crippen LogP contribution is -2.64. The summed E-state index contributed by atoms with van der Waals surface area (Å²) in [7, 11) is 0. The van der Waals surface area contributed by atoms with Gasteiger partial charge in [-0.1, -0.05) is 122 Å². The Morgan fingerprint density at radius 3 is 1.83 bits per heavy atom. The molecule has 6 nitrogen and oxygen atoms in total. The zero-order valence-electron chi connectivity index (χ0n) is 26.9. The van der Waals surface area contributed by atoms with Gasteiger partial charge in [-0.05, 0) is 62.2 Å². The number of nitrogens with one attached hydrogen (secondary N) is 3. The van der Waals surface area contributed by atoms with E-state index in [4.69, 9.17) is 0 Å². The topological polar surface area (TPSA) is 87.3 Å². The molecule has 2 aliphatic carbocycles. The van der Waals surface area contributed by atoms with Gasteiger partial charge in [0.05, 0.1) is 0 Å². The van der Waals surface area contributed by atoms with Crippen molar-refractivity contribution >= 4 is 39.3 Å². The van der Waals surface area contributed by atoms with Gasteiger partial charge in [0.25, 0.3) is 0 Å². The molecule has 47 heavy (non-hydrogen) atoms. The van der Waals surface area contributed by atoms with Crippen molar-refractivity contribution < 1.29 is 14.4 Å². The Morgan fingerprint density at radius 2 is 1.26 bits per heavy atom. The van der Waals surface area contributed by atoms with Crippen molar-refractivity contribution in [1.29, 1.82) is 0 Å². The fourth-order valence-electron chi connectivity index (χ4n) is 7.78. The third-order valence-electron chi connectivity index (χ3n) is 9.97. The minimum atomic E-state index is -1.32. The highest BCUT2D eigenvalue weighted by Crippen LogP contribution is 2.44. The van der Waals surface area contributed by atoms with E-state index in [2.05, 4.69) is 64.5 Å². The van der Waals surface area contributed by atoms with Gasteiger partial charge in [0.15, 0.2) is 0 Å². The van der Waals surface area contributed by atoms with Gasteiger partial charge in [0, 0.05) is 32.2 Å². The normalized spacial score (nSPS) is 16.4. The number of carbonyl (C=O) groups is 3. The average molecular weight is 624 g/mol. The molecule has 7 rings (SSSR count). The molecule has 0 aliphatic heterocycles. The molecule has 0 heterocycles. The Bertz CT molecular complexity index is 1870. The van der Waals surface area contributed by atoms with E-state index in [-0.39, 0.29) is 36.6 Å². The van der Waals surface area contributed by atoms with Gasteiger partial charge in [-0.3, -0.25) is 14.4 Å². The van der Waals surface area contributed by atoms with Gasteiger partial charge in [-0.25, -0.2) is 0 Å². The van der Waals surface area contributed by atoms with E-state index in [0.29, 0.717) is 6.42 Å². The molecule has 5 aromatic rings. The van der Waals surface area contributed by atoms with Gasteiger partial charge < -0.3 is 16.0 Å². The van der Waals surface area contributed by atoms with Crippen molar-refractivity contribution in [2.75, 3.05) is 0 Å². The lowest BCUT2D eigenvalue weighted by Gasteiger charge is -2.35. The van der Waals surface area contributed by atoms with Crippen LogP contribution in [0.2, 0.25) is 0 Å². The third-order valence-corrected chi connectivity index (χ3v) is 9.97. The molecular formula is C41H41N3O3. The summed E-state index contributed by atoms with van der Waals surface area (Å²) >= 11 is 0. The van der Waals surface area contributed by atoms with Gasteiger partial charge >= 0.3 is 0 Å². The van der Waals surface area contributed by atoms with Crippen molar-refractivity contribution in [2.24, 2.45) is 0 Å². The quantitative estimate of drug-likeness (QED) is 0.186. The number of hydrogen-bond donors (Lipinski definition) is 3. The minimum absolute atomic E-state index is 0.105. The van der Waals surface area contributed by atoms with Crippen LogP contribution in [0.4, 0.5) is 0 Å². The maximum absolute atomic E-state index is 14.8. The second-order valence-electron chi connectivity index (χ2n) is 13.3. The van der Waals surface area contributed by atoms with Gasteiger partial charge in [0.2, 0.25) is 17.7 Å². The lowest BCUT2D eigenvalue weighted by atomic mass is 9.84. The van der Waals surface area contributed by atoms with Crippen LogP contribution in [0.25, 0.3) is 32.7 Å². The summed E-state index contributed by atoms with van der Waals surface area (Å²) < 4.78 is 0. The lowest BCUT2D eigenvalue weighted by molar-refractivity contribution is -0.135. The van der Waals surface area contributed by atoms with Crippen LogP contribution in [0.15, 0.2) is 103 Å². The Hall–Kier alpha value is -4.97. The van der Waals surface area contributed by atoms with Crippen molar-refractivity contribution in [2.45, 2.75) is 75.9 Å². The predicted molar refractivity (Wildman–Crippen MR) is 188 cm³/mol. The van der Waals surface area contributed by atoms with Crippen LogP contribution in [0.1, 0.15) is 55.7 Å². The highest BCUT2D eigenvalue weighted by atomic mass is 16.2. The van der Waals surface area contributed by atoms with E-state index in [9.17, 15) is 14.4 Å². The van der Waals surface area contributed by atoms with Gasteiger partial charge in [0.1, 0.15) is 11.6 Å². The van der Waals surface area contributed by atoms with E-state index in [1.165, 1.54) is 13.3 Å². The standard InChI is InChI=1S/C41H41N3O3/c1-27(45)44-41(40(47)43-36(24-28-12-4-2-5-13-28)39(46)42-33-16-6-3-7-17-33)25-31-22-20-29-14-8-10-18-34(29)37(31)38-32(26-41)23-21-30-15-9-11-19-35(30)38/h2,4-5,8-15,18-23,33,36H,3,6-7,16-17,24-26H2,1H3,(H,42,46)(H,43,47)(H,44,45)/t36-/m0/s1. The molecule has 0 unspecified atom stereocenters. The predicted octanol–water partition coefficient (Wildman–Crippen LogP) is 6.81. The number of fused-ring (bicyclic) bond motifs is 7. The van der Waals surface area contributed by atoms with Crippen LogP contribution in [0.5, 0.6) is 0 Å². The fraction of sp³-hybridized carbons (Fsp3) is 0.293. The van der Waals surface area contributed by atoms with Crippen LogP contribution in [-0.2, 0) is 33.6 Å². The largest absolute Gasteiger partial charge is 0.352 e. The molecule has 5 aromatic carbocycles. The second kappa shape index (κ2) is 13.0. The number of benzene rings is 5. The van der Waals surface area contributed by atoms with Crippen LogP contribution < -0.4 is 16.0 Å². The molecule has 1 atom stereocenters. The fourth-order valence-corrected chi connectivity index (χ4v) is 7.78. The summed E-state index contributed by atoms with van der Waals surface area (Å²) in [5.41, 5.74) is 3.77. The Balaban J connectivity index is 1.33. The van der Waals surface area contributed by atoms with Crippen molar-refractivity contribution in [3.05, 3.63) is 120 Å². The average Bonchev–Trinajstić information content (AvgIpc) is 3.23. The summed E-state index contributed by atoms with van der Waals surface area (Å²) in [6.07, 6.45) is 6.18. The smallest absolute Gasteiger partial charge is 0.247 e. The van der Waals surface area contributed by atoms with E-state index < -0.39 is 11.6 Å². The zero-order chi connectivity index (χ0) is 32.4. The number of hydrogen-bond acceptors (Lipinski definition) is 3. The number of carbonyl (C=O) groups excluding carboxylic acids is 3. The summed E-state index contributed by atoms with van der Waals surface area (Å²) in [6, 6.07) is 34.1. The first kappa shape index (κ1) is 30.7. The molecule has 3 N–H and O–H groups in total. The number of amides is 3. The molecule has 0 saturated heterocycles. The van der Waals surface area contributed by atoms with Gasteiger partial charge in [-0.2, -0.15) is 0 Å². The molecule has 0 bridgehead atoms. The van der Waals surface area contributed by atoms with Crippen LogP contribution >= 0.6 is 0 Å². The summed E-state index contributed by atoms with van der Waals surface area (Å²) in [5, 5.41) is 14.0. The second-order valence-corrected chi connectivity index (χ2v) is 13.3. The molecule has 2 aliphatic rings. The Morgan fingerprint density at radius 1 is 0.702 bits per heavy atom. The summed E-state index contributed by atoms with van der Waals surface area (Å²) in [6.45, 7) is 1.46.